The summed E-state index contributed by atoms with van der Waals surface area (Å²) < 4.78 is 0. The molecule has 22 heavy (non-hydrogen) atoms. The highest BCUT2D eigenvalue weighted by atomic mass is 16.1. The molecule has 2 heteroatoms. The van der Waals surface area contributed by atoms with Crippen LogP contribution in [0.1, 0.15) is 52.9 Å². The zero-order valence-corrected chi connectivity index (χ0v) is 13.9. The van der Waals surface area contributed by atoms with E-state index in [9.17, 15) is 9.59 Å². The van der Waals surface area contributed by atoms with Gasteiger partial charge in [-0.15, -0.1) is 0 Å². The molecule has 0 bridgehead atoms. The molecule has 3 fully saturated rings. The van der Waals surface area contributed by atoms with E-state index < -0.39 is 0 Å². The van der Waals surface area contributed by atoms with Crippen molar-refractivity contribution in [1.29, 1.82) is 0 Å². The number of fused-ring (bicyclic) bond motifs is 5. The number of carbonyl (C=O) groups excluding carboxylic acids is 2. The predicted molar refractivity (Wildman–Crippen MR) is 86.2 cm³/mol. The van der Waals surface area contributed by atoms with Crippen molar-refractivity contribution in [2.24, 2.45) is 34.5 Å². The molecule has 4 aliphatic carbocycles. The van der Waals surface area contributed by atoms with Crippen LogP contribution in [0.5, 0.6) is 0 Å². The highest BCUT2D eigenvalue weighted by Gasteiger charge is 2.59. The average Bonchev–Trinajstić information content (AvgIpc) is 2.77. The second kappa shape index (κ2) is 4.43. The lowest BCUT2D eigenvalue weighted by atomic mass is 9.47. The molecule has 2 nitrogen and oxygen atoms in total. The second-order valence-electron chi connectivity index (χ2n) is 8.55. The summed E-state index contributed by atoms with van der Waals surface area (Å²) in [6.45, 7) is 6.83. The fourth-order valence-corrected chi connectivity index (χ4v) is 6.39. The molecule has 0 aliphatic heterocycles. The van der Waals surface area contributed by atoms with Gasteiger partial charge in [-0.1, -0.05) is 32.4 Å². The Kier molecular flexibility index (Phi) is 2.90. The molecule has 4 rings (SSSR count). The van der Waals surface area contributed by atoms with Crippen molar-refractivity contribution < 1.29 is 9.59 Å². The molecule has 0 aromatic rings. The highest BCUT2D eigenvalue weighted by molar-refractivity contribution is 6.01. The third-order valence-electron chi connectivity index (χ3n) is 7.59. The number of carbonyl (C=O) groups is 2. The van der Waals surface area contributed by atoms with Gasteiger partial charge in [-0.3, -0.25) is 9.59 Å². The minimum atomic E-state index is -0.0628. The smallest absolute Gasteiger partial charge is 0.178 e. The fourth-order valence-electron chi connectivity index (χ4n) is 6.39. The Hall–Kier alpha value is -1.18. The van der Waals surface area contributed by atoms with Crippen molar-refractivity contribution in [3.05, 3.63) is 23.8 Å². The maximum atomic E-state index is 12.4. The van der Waals surface area contributed by atoms with Gasteiger partial charge in [0.25, 0.3) is 0 Å². The van der Waals surface area contributed by atoms with Crippen molar-refractivity contribution in [3.8, 4) is 0 Å². The van der Waals surface area contributed by atoms with Crippen LogP contribution in [0.25, 0.3) is 0 Å². The number of rotatable bonds is 0. The largest absolute Gasteiger partial charge is 0.299 e. The Bertz CT molecular complexity index is 613. The molecule has 0 saturated heterocycles. The minimum absolute atomic E-state index is 0.0310. The van der Waals surface area contributed by atoms with Gasteiger partial charge in [0.15, 0.2) is 5.78 Å². The molecule has 3 saturated carbocycles. The van der Waals surface area contributed by atoms with Crippen LogP contribution in [0.3, 0.4) is 0 Å². The van der Waals surface area contributed by atoms with Crippen LogP contribution in [0, 0.1) is 34.5 Å². The lowest BCUT2D eigenvalue weighted by Crippen LogP contribution is -2.51. The SMILES string of the molecule is C[C@H]1CC2C(CC[C@]3(C)C(=O)CCC23)[C@@]2(C)C=CC(=O)C=C12. The monoisotopic (exact) mass is 298 g/mol. The topological polar surface area (TPSA) is 34.1 Å². The molecule has 0 radical (unpaired) electrons. The van der Waals surface area contributed by atoms with Crippen LogP contribution in [0.4, 0.5) is 0 Å². The third kappa shape index (κ3) is 1.67. The standard InChI is InChI=1S/C20H26O2/c1-12-10-14-15-4-5-18(22)20(15,3)9-7-16(14)19(2)8-6-13(21)11-17(12)19/h6,8,11-12,14-16H,4-5,7,9-10H2,1-3H3/t12-,14?,15?,16?,19+,20-/m0/s1. The Labute approximate surface area is 133 Å². The summed E-state index contributed by atoms with van der Waals surface area (Å²) in [5.74, 6) is 2.91. The molecule has 0 aromatic heterocycles. The van der Waals surface area contributed by atoms with E-state index in [0.29, 0.717) is 29.5 Å². The quantitative estimate of drug-likeness (QED) is 0.674. The number of hydrogen-bond acceptors (Lipinski definition) is 2. The second-order valence-corrected chi connectivity index (χ2v) is 8.55. The van der Waals surface area contributed by atoms with Crippen LogP contribution >= 0.6 is 0 Å². The van der Waals surface area contributed by atoms with Gasteiger partial charge in [0.1, 0.15) is 5.78 Å². The number of allylic oxidation sites excluding steroid dienone is 4. The van der Waals surface area contributed by atoms with Crippen LogP contribution in [0.15, 0.2) is 23.8 Å². The zero-order valence-electron chi connectivity index (χ0n) is 13.9. The van der Waals surface area contributed by atoms with Gasteiger partial charge in [0.05, 0.1) is 0 Å². The molecule has 6 atom stereocenters. The van der Waals surface area contributed by atoms with Gasteiger partial charge in [0, 0.05) is 17.3 Å². The van der Waals surface area contributed by atoms with Crippen LogP contribution in [-0.2, 0) is 9.59 Å². The Morgan fingerprint density at radius 1 is 1.14 bits per heavy atom. The number of ketones is 2. The molecule has 3 unspecified atom stereocenters. The Morgan fingerprint density at radius 2 is 1.91 bits per heavy atom. The molecule has 0 aromatic carbocycles. The predicted octanol–water partition coefficient (Wildman–Crippen LogP) is 4.11. The van der Waals surface area contributed by atoms with Crippen LogP contribution in [0.2, 0.25) is 0 Å². The zero-order chi connectivity index (χ0) is 15.7. The molecular weight excluding hydrogens is 272 g/mol. The van der Waals surface area contributed by atoms with Crippen molar-refractivity contribution in [2.75, 3.05) is 0 Å². The first-order chi connectivity index (χ1) is 10.4. The first kappa shape index (κ1) is 14.4. The van der Waals surface area contributed by atoms with E-state index in [1.807, 2.05) is 6.08 Å². The first-order valence-corrected chi connectivity index (χ1v) is 8.85. The first-order valence-electron chi connectivity index (χ1n) is 8.85. The molecule has 118 valence electrons. The Morgan fingerprint density at radius 3 is 2.68 bits per heavy atom. The van der Waals surface area contributed by atoms with E-state index in [2.05, 4.69) is 26.8 Å². The lowest BCUT2D eigenvalue weighted by molar-refractivity contribution is -0.132. The van der Waals surface area contributed by atoms with Gasteiger partial charge >= 0.3 is 0 Å². The summed E-state index contributed by atoms with van der Waals surface area (Å²) in [5.41, 5.74) is 1.31. The van der Waals surface area contributed by atoms with Crippen LogP contribution < -0.4 is 0 Å². The van der Waals surface area contributed by atoms with E-state index in [1.165, 1.54) is 5.57 Å². The number of hydrogen-bond donors (Lipinski definition) is 0. The maximum absolute atomic E-state index is 12.4. The van der Waals surface area contributed by atoms with Gasteiger partial charge in [-0.25, -0.2) is 0 Å². The molecule has 0 N–H and O–H groups in total. The third-order valence-corrected chi connectivity index (χ3v) is 7.59. The average molecular weight is 298 g/mol. The minimum Gasteiger partial charge on any atom is -0.299 e. The molecular formula is C20H26O2. The summed E-state index contributed by atoms with van der Waals surface area (Å²) in [5, 5.41) is 0. The van der Waals surface area contributed by atoms with Crippen molar-refractivity contribution in [2.45, 2.75) is 52.9 Å². The molecule has 4 aliphatic rings. The summed E-state index contributed by atoms with van der Waals surface area (Å²) in [7, 11) is 0. The summed E-state index contributed by atoms with van der Waals surface area (Å²) in [6.07, 6.45) is 11.0. The van der Waals surface area contributed by atoms with Gasteiger partial charge in [-0.2, -0.15) is 0 Å². The normalized spacial score (nSPS) is 50.2. The van der Waals surface area contributed by atoms with E-state index in [1.54, 1.807) is 6.08 Å². The van der Waals surface area contributed by atoms with E-state index in [4.69, 9.17) is 0 Å². The lowest BCUT2D eigenvalue weighted by Gasteiger charge is -2.57. The van der Waals surface area contributed by atoms with Crippen molar-refractivity contribution >= 4 is 11.6 Å². The summed E-state index contributed by atoms with van der Waals surface area (Å²) in [6, 6.07) is 0. The molecule has 0 spiro atoms. The van der Waals surface area contributed by atoms with Crippen LogP contribution in [-0.4, -0.2) is 11.6 Å². The van der Waals surface area contributed by atoms with Gasteiger partial charge in [-0.05, 0) is 61.5 Å². The van der Waals surface area contributed by atoms with E-state index >= 15 is 0 Å². The highest BCUT2D eigenvalue weighted by Crippen LogP contribution is 2.64. The van der Waals surface area contributed by atoms with E-state index in [-0.39, 0.29) is 16.6 Å². The van der Waals surface area contributed by atoms with Gasteiger partial charge < -0.3 is 0 Å². The fraction of sp³-hybridized carbons (Fsp3) is 0.700. The molecule has 0 heterocycles. The summed E-state index contributed by atoms with van der Waals surface area (Å²) >= 11 is 0. The maximum Gasteiger partial charge on any atom is 0.178 e. The van der Waals surface area contributed by atoms with E-state index in [0.717, 1.165) is 32.1 Å². The summed E-state index contributed by atoms with van der Waals surface area (Å²) in [4.78, 5) is 24.3. The number of Topliss-reactive ketones (excluding diaryl/α,β-unsaturated/α-hetero) is 1. The van der Waals surface area contributed by atoms with Gasteiger partial charge in [0.2, 0.25) is 0 Å². The van der Waals surface area contributed by atoms with Crippen molar-refractivity contribution in [3.63, 3.8) is 0 Å². The Balaban J connectivity index is 1.76. The van der Waals surface area contributed by atoms with Crippen molar-refractivity contribution in [1.82, 2.24) is 0 Å². The molecule has 0 amide bonds.